The molecular formula is C21H19NO5S2. The van der Waals surface area contributed by atoms with E-state index in [-0.39, 0.29) is 34.6 Å². The second-order valence-electron chi connectivity index (χ2n) is 5.97. The van der Waals surface area contributed by atoms with Crippen LogP contribution in [0.3, 0.4) is 0 Å². The number of benzene rings is 1. The van der Waals surface area contributed by atoms with Crippen LogP contribution in [0.5, 0.6) is 0 Å². The summed E-state index contributed by atoms with van der Waals surface area (Å²) in [5.74, 6) is -1.50. The number of amides is 1. The SMILES string of the molecule is CCOC(=O)c1c(NC(=O)c2cccs2)sc(C(=O)OCc2ccccc2)c1C. The van der Waals surface area contributed by atoms with Crippen molar-refractivity contribution in [1.82, 2.24) is 0 Å². The lowest BCUT2D eigenvalue weighted by molar-refractivity contribution is 0.0477. The minimum Gasteiger partial charge on any atom is -0.462 e. The molecule has 150 valence electrons. The third-order valence-corrected chi connectivity index (χ3v) is 6.05. The summed E-state index contributed by atoms with van der Waals surface area (Å²) in [5.41, 5.74) is 1.45. The molecule has 1 N–H and O–H groups in total. The van der Waals surface area contributed by atoms with Gasteiger partial charge in [0.25, 0.3) is 5.91 Å². The lowest BCUT2D eigenvalue weighted by Gasteiger charge is -2.06. The minimum atomic E-state index is -0.593. The summed E-state index contributed by atoms with van der Waals surface area (Å²) in [5, 5.41) is 4.78. The first kappa shape index (κ1) is 20.8. The number of ether oxygens (including phenoxy) is 2. The van der Waals surface area contributed by atoms with Gasteiger partial charge in [0.1, 0.15) is 16.5 Å². The molecule has 0 aliphatic rings. The molecule has 0 saturated heterocycles. The average Bonchev–Trinajstić information content (AvgIpc) is 3.35. The predicted molar refractivity (Wildman–Crippen MR) is 113 cm³/mol. The first-order valence-electron chi connectivity index (χ1n) is 8.87. The van der Waals surface area contributed by atoms with E-state index >= 15 is 0 Å². The molecule has 1 amide bonds. The molecular weight excluding hydrogens is 410 g/mol. The van der Waals surface area contributed by atoms with Crippen LogP contribution in [0.15, 0.2) is 47.8 Å². The van der Waals surface area contributed by atoms with Crippen molar-refractivity contribution in [3.63, 3.8) is 0 Å². The van der Waals surface area contributed by atoms with E-state index in [4.69, 9.17) is 9.47 Å². The Morgan fingerprint density at radius 3 is 2.41 bits per heavy atom. The van der Waals surface area contributed by atoms with Gasteiger partial charge in [0.15, 0.2) is 0 Å². The predicted octanol–water partition coefficient (Wildman–Crippen LogP) is 4.90. The van der Waals surface area contributed by atoms with Gasteiger partial charge in [-0.3, -0.25) is 4.79 Å². The van der Waals surface area contributed by atoms with E-state index < -0.39 is 11.9 Å². The number of anilines is 1. The summed E-state index contributed by atoms with van der Waals surface area (Å²) in [6.45, 7) is 3.63. The van der Waals surface area contributed by atoms with Gasteiger partial charge in [-0.1, -0.05) is 36.4 Å². The summed E-state index contributed by atoms with van der Waals surface area (Å²) in [7, 11) is 0. The molecule has 0 aliphatic carbocycles. The van der Waals surface area contributed by atoms with E-state index in [1.807, 2.05) is 30.3 Å². The average molecular weight is 430 g/mol. The molecule has 0 spiro atoms. The third kappa shape index (κ3) is 4.90. The van der Waals surface area contributed by atoms with Gasteiger partial charge < -0.3 is 14.8 Å². The van der Waals surface area contributed by atoms with Crippen LogP contribution in [-0.4, -0.2) is 24.5 Å². The fourth-order valence-corrected chi connectivity index (χ4v) is 4.31. The van der Waals surface area contributed by atoms with E-state index in [1.165, 1.54) is 11.3 Å². The molecule has 3 rings (SSSR count). The van der Waals surface area contributed by atoms with Crippen molar-refractivity contribution in [3.05, 3.63) is 74.3 Å². The first-order chi connectivity index (χ1) is 14.0. The fourth-order valence-electron chi connectivity index (χ4n) is 2.61. The van der Waals surface area contributed by atoms with E-state index in [1.54, 1.807) is 31.4 Å². The zero-order valence-electron chi connectivity index (χ0n) is 15.9. The molecule has 6 nitrogen and oxygen atoms in total. The lowest BCUT2D eigenvalue weighted by atomic mass is 10.1. The molecule has 0 fully saturated rings. The number of rotatable bonds is 7. The maximum atomic E-state index is 12.6. The zero-order chi connectivity index (χ0) is 20.8. The lowest BCUT2D eigenvalue weighted by Crippen LogP contribution is -2.14. The summed E-state index contributed by atoms with van der Waals surface area (Å²) in [6, 6.07) is 12.7. The third-order valence-electron chi connectivity index (χ3n) is 4.00. The number of nitrogens with one attached hydrogen (secondary N) is 1. The number of hydrogen-bond acceptors (Lipinski definition) is 7. The topological polar surface area (TPSA) is 81.7 Å². The molecule has 0 unspecified atom stereocenters. The van der Waals surface area contributed by atoms with Crippen molar-refractivity contribution >= 4 is 45.5 Å². The number of carbonyl (C=O) groups is 3. The largest absolute Gasteiger partial charge is 0.462 e. The van der Waals surface area contributed by atoms with Gasteiger partial charge in [-0.2, -0.15) is 0 Å². The molecule has 0 saturated carbocycles. The highest BCUT2D eigenvalue weighted by atomic mass is 32.1. The van der Waals surface area contributed by atoms with Gasteiger partial charge in [0.2, 0.25) is 0 Å². The molecule has 0 aliphatic heterocycles. The van der Waals surface area contributed by atoms with Gasteiger partial charge in [0, 0.05) is 0 Å². The van der Waals surface area contributed by atoms with Gasteiger partial charge in [0.05, 0.1) is 17.0 Å². The van der Waals surface area contributed by atoms with Gasteiger partial charge >= 0.3 is 11.9 Å². The van der Waals surface area contributed by atoms with E-state index in [0.29, 0.717) is 10.4 Å². The maximum Gasteiger partial charge on any atom is 0.349 e. The maximum absolute atomic E-state index is 12.6. The Bertz CT molecular complexity index is 1010. The van der Waals surface area contributed by atoms with Crippen molar-refractivity contribution in [1.29, 1.82) is 0 Å². The van der Waals surface area contributed by atoms with E-state index in [0.717, 1.165) is 16.9 Å². The van der Waals surface area contributed by atoms with Crippen LogP contribution in [0.2, 0.25) is 0 Å². The van der Waals surface area contributed by atoms with Crippen molar-refractivity contribution in [3.8, 4) is 0 Å². The molecule has 3 aromatic rings. The van der Waals surface area contributed by atoms with Crippen LogP contribution < -0.4 is 5.32 Å². The van der Waals surface area contributed by atoms with E-state index in [9.17, 15) is 14.4 Å². The Kier molecular flexibility index (Phi) is 6.79. The summed E-state index contributed by atoms with van der Waals surface area (Å²) < 4.78 is 10.5. The highest BCUT2D eigenvalue weighted by Crippen LogP contribution is 2.35. The molecule has 8 heteroatoms. The highest BCUT2D eigenvalue weighted by molar-refractivity contribution is 7.19. The second-order valence-corrected chi connectivity index (χ2v) is 7.94. The molecule has 0 bridgehead atoms. The van der Waals surface area contributed by atoms with E-state index in [2.05, 4.69) is 5.32 Å². The molecule has 2 heterocycles. The number of carbonyl (C=O) groups excluding carboxylic acids is 3. The van der Waals surface area contributed by atoms with Gasteiger partial charge in [-0.25, -0.2) is 9.59 Å². The van der Waals surface area contributed by atoms with Gasteiger partial charge in [-0.15, -0.1) is 22.7 Å². The van der Waals surface area contributed by atoms with Crippen molar-refractivity contribution < 1.29 is 23.9 Å². The molecule has 2 aromatic heterocycles. The Hall–Kier alpha value is -2.97. The quantitative estimate of drug-likeness (QED) is 0.540. The van der Waals surface area contributed by atoms with Crippen molar-refractivity contribution in [2.45, 2.75) is 20.5 Å². The van der Waals surface area contributed by atoms with Crippen LogP contribution in [0, 0.1) is 6.92 Å². The summed E-state index contributed by atoms with van der Waals surface area (Å²) in [6.07, 6.45) is 0. The van der Waals surface area contributed by atoms with Crippen LogP contribution in [0.4, 0.5) is 5.00 Å². The Labute approximate surface area is 176 Å². The molecule has 1 aromatic carbocycles. The highest BCUT2D eigenvalue weighted by Gasteiger charge is 2.27. The normalized spacial score (nSPS) is 10.4. The minimum absolute atomic E-state index is 0.114. The van der Waals surface area contributed by atoms with Crippen LogP contribution in [0.25, 0.3) is 0 Å². The summed E-state index contributed by atoms with van der Waals surface area (Å²) in [4.78, 5) is 38.3. The molecule has 0 atom stereocenters. The summed E-state index contributed by atoms with van der Waals surface area (Å²) >= 11 is 2.29. The van der Waals surface area contributed by atoms with Gasteiger partial charge in [-0.05, 0) is 36.4 Å². The van der Waals surface area contributed by atoms with Crippen molar-refractivity contribution in [2.24, 2.45) is 0 Å². The zero-order valence-corrected chi connectivity index (χ0v) is 17.5. The van der Waals surface area contributed by atoms with Crippen LogP contribution in [0.1, 0.15) is 47.8 Å². The fraction of sp³-hybridized carbons (Fsp3) is 0.190. The number of thiophene rings is 2. The monoisotopic (exact) mass is 429 g/mol. The molecule has 29 heavy (non-hydrogen) atoms. The second kappa shape index (κ2) is 9.49. The Balaban J connectivity index is 1.86. The number of hydrogen-bond donors (Lipinski definition) is 1. The first-order valence-corrected chi connectivity index (χ1v) is 10.6. The van der Waals surface area contributed by atoms with Crippen LogP contribution >= 0.6 is 22.7 Å². The Morgan fingerprint density at radius 1 is 1.00 bits per heavy atom. The van der Waals surface area contributed by atoms with Crippen LogP contribution in [-0.2, 0) is 16.1 Å². The number of esters is 2. The Morgan fingerprint density at radius 2 is 1.76 bits per heavy atom. The van der Waals surface area contributed by atoms with Crippen molar-refractivity contribution in [2.75, 3.05) is 11.9 Å². The standard InChI is InChI=1S/C21H19NO5S2/c1-3-26-20(24)16-13(2)17(21(25)27-12-14-8-5-4-6-9-14)29-19(16)22-18(23)15-10-7-11-28-15/h4-11H,3,12H2,1-2H3,(H,22,23). The smallest absolute Gasteiger partial charge is 0.349 e. The molecule has 0 radical (unpaired) electrons.